The third-order valence-corrected chi connectivity index (χ3v) is 8.03. The average Bonchev–Trinajstić information content (AvgIpc) is 3.01. The first-order valence-corrected chi connectivity index (χ1v) is 15.3. The molecule has 0 atom stereocenters. The highest BCUT2D eigenvalue weighted by molar-refractivity contribution is 5.71. The fourth-order valence-electron chi connectivity index (χ4n) is 5.46. The maximum Gasteiger partial charge on any atom is 0.186 e. The average molecular weight is 583 g/mol. The number of benzene rings is 3. The van der Waals surface area contributed by atoms with Crippen LogP contribution in [0.4, 0.5) is 17.6 Å². The van der Waals surface area contributed by atoms with E-state index in [1.165, 1.54) is 37.8 Å². The molecule has 1 fully saturated rings. The number of hydrogen-bond donors (Lipinski definition) is 0. The summed E-state index contributed by atoms with van der Waals surface area (Å²) in [5.41, 5.74) is 1.50. The molecule has 0 spiro atoms. The molecule has 0 aliphatic carbocycles. The molecule has 3 aromatic rings. The van der Waals surface area contributed by atoms with E-state index in [0.29, 0.717) is 36.3 Å². The van der Waals surface area contributed by atoms with E-state index < -0.39 is 29.6 Å². The van der Waals surface area contributed by atoms with Gasteiger partial charge in [-0.2, -0.15) is 0 Å². The summed E-state index contributed by atoms with van der Waals surface area (Å²) in [7, 11) is 0. The van der Waals surface area contributed by atoms with Gasteiger partial charge >= 0.3 is 0 Å². The molecule has 4 rings (SSSR count). The van der Waals surface area contributed by atoms with Crippen LogP contribution in [0, 0.1) is 29.2 Å². The fraction of sp³-hybridized carbons (Fsp3) is 0.444. The van der Waals surface area contributed by atoms with Gasteiger partial charge in [0.05, 0.1) is 13.2 Å². The summed E-state index contributed by atoms with van der Waals surface area (Å²) in [4.78, 5) is 0. The Morgan fingerprint density at radius 3 is 1.88 bits per heavy atom. The van der Waals surface area contributed by atoms with Crippen molar-refractivity contribution in [3.05, 3.63) is 95.1 Å². The quantitative estimate of drug-likeness (QED) is 0.107. The van der Waals surface area contributed by atoms with Crippen LogP contribution in [0.15, 0.2) is 60.7 Å². The predicted octanol–water partition coefficient (Wildman–Crippen LogP) is 10.9. The van der Waals surface area contributed by atoms with Crippen LogP contribution in [0.5, 0.6) is 0 Å². The van der Waals surface area contributed by atoms with Crippen molar-refractivity contribution in [1.82, 2.24) is 0 Å². The topological polar surface area (TPSA) is 18.5 Å². The highest BCUT2D eigenvalue weighted by atomic mass is 19.2. The van der Waals surface area contributed by atoms with Crippen LogP contribution in [-0.2, 0) is 15.9 Å². The van der Waals surface area contributed by atoms with Crippen molar-refractivity contribution < 1.29 is 27.0 Å². The molecule has 1 saturated heterocycles. The zero-order chi connectivity index (χ0) is 29.9. The van der Waals surface area contributed by atoms with Gasteiger partial charge in [0.15, 0.2) is 29.6 Å². The number of halogens is 4. The Labute approximate surface area is 247 Å². The van der Waals surface area contributed by atoms with Gasteiger partial charge in [-0.15, -0.1) is 0 Å². The zero-order valence-corrected chi connectivity index (χ0v) is 24.7. The molecule has 6 heteroatoms. The maximum absolute atomic E-state index is 15.2. The summed E-state index contributed by atoms with van der Waals surface area (Å²) in [5, 5.41) is 0. The standard InChI is InChI=1S/C36H42F4O2/c1-3-5-7-8-9-10-12-14-28-19-20-29(33(38)32(28)37)26-15-17-27(18-16-26)30-21-22-31(35(40)34(30)39)36-41-23-25(24-42-36)13-11-6-4-2/h4,6,15-22,25,36H,3,5,7-14,23-24H2,1-2H3/b6-4+. The monoisotopic (exact) mass is 582 g/mol. The Kier molecular flexibility index (Phi) is 12.2. The van der Waals surface area contributed by atoms with E-state index in [1.807, 2.05) is 13.0 Å². The highest BCUT2D eigenvalue weighted by Gasteiger charge is 2.28. The lowest BCUT2D eigenvalue weighted by Crippen LogP contribution is -2.27. The summed E-state index contributed by atoms with van der Waals surface area (Å²) in [6.45, 7) is 4.99. The predicted molar refractivity (Wildman–Crippen MR) is 161 cm³/mol. The molecule has 0 saturated carbocycles. The second kappa shape index (κ2) is 16.0. The van der Waals surface area contributed by atoms with Gasteiger partial charge in [0.1, 0.15) is 0 Å². The van der Waals surface area contributed by atoms with Crippen LogP contribution in [0.2, 0.25) is 0 Å². The van der Waals surface area contributed by atoms with Crippen molar-refractivity contribution in [2.24, 2.45) is 5.92 Å². The number of ether oxygens (including phenoxy) is 2. The van der Waals surface area contributed by atoms with E-state index in [4.69, 9.17) is 9.47 Å². The van der Waals surface area contributed by atoms with Gasteiger partial charge < -0.3 is 9.47 Å². The smallest absolute Gasteiger partial charge is 0.186 e. The molecule has 2 nitrogen and oxygen atoms in total. The first-order chi connectivity index (χ1) is 20.4. The van der Waals surface area contributed by atoms with E-state index in [2.05, 4.69) is 13.0 Å². The first-order valence-electron chi connectivity index (χ1n) is 15.3. The molecule has 0 radical (unpaired) electrons. The molecule has 1 aliphatic rings. The number of aryl methyl sites for hydroxylation is 1. The molecule has 0 amide bonds. The lowest BCUT2D eigenvalue weighted by atomic mass is 9.96. The third-order valence-electron chi connectivity index (χ3n) is 8.03. The second-order valence-electron chi connectivity index (χ2n) is 11.2. The van der Waals surface area contributed by atoms with Crippen molar-refractivity contribution in [3.63, 3.8) is 0 Å². The van der Waals surface area contributed by atoms with Gasteiger partial charge in [-0.3, -0.25) is 0 Å². The van der Waals surface area contributed by atoms with Crippen molar-refractivity contribution in [2.75, 3.05) is 13.2 Å². The fourth-order valence-corrected chi connectivity index (χ4v) is 5.46. The molecule has 3 aromatic carbocycles. The highest BCUT2D eigenvalue weighted by Crippen LogP contribution is 2.35. The molecular weight excluding hydrogens is 540 g/mol. The van der Waals surface area contributed by atoms with Crippen molar-refractivity contribution in [2.45, 2.75) is 84.3 Å². The number of allylic oxidation sites excluding steroid dienone is 2. The lowest BCUT2D eigenvalue weighted by molar-refractivity contribution is -0.207. The van der Waals surface area contributed by atoms with Crippen LogP contribution in [0.3, 0.4) is 0 Å². The van der Waals surface area contributed by atoms with Crippen LogP contribution in [0.1, 0.15) is 89.1 Å². The molecule has 226 valence electrons. The number of hydrogen-bond acceptors (Lipinski definition) is 2. The Morgan fingerprint density at radius 1 is 0.690 bits per heavy atom. The Balaban J connectivity index is 1.39. The minimum absolute atomic E-state index is 0.0221. The van der Waals surface area contributed by atoms with Crippen molar-refractivity contribution >= 4 is 0 Å². The zero-order valence-electron chi connectivity index (χ0n) is 24.7. The minimum Gasteiger partial charge on any atom is -0.348 e. The van der Waals surface area contributed by atoms with E-state index >= 15 is 13.2 Å². The SMILES string of the molecule is C/C=C/CCC1COC(c2ccc(-c3ccc(-c4ccc(CCCCCCCCC)c(F)c4F)cc3)c(F)c2F)OC1. The van der Waals surface area contributed by atoms with E-state index in [9.17, 15) is 4.39 Å². The summed E-state index contributed by atoms with van der Waals surface area (Å²) in [6.07, 6.45) is 13.2. The lowest BCUT2D eigenvalue weighted by Gasteiger charge is -2.29. The van der Waals surface area contributed by atoms with Gasteiger partial charge in [0.2, 0.25) is 0 Å². The number of rotatable bonds is 14. The van der Waals surface area contributed by atoms with Gasteiger partial charge in [-0.1, -0.05) is 106 Å². The van der Waals surface area contributed by atoms with Crippen LogP contribution in [-0.4, -0.2) is 13.2 Å². The Hall–Kier alpha value is -2.96. The third kappa shape index (κ3) is 8.11. The Morgan fingerprint density at radius 2 is 1.26 bits per heavy atom. The maximum atomic E-state index is 15.2. The van der Waals surface area contributed by atoms with Gasteiger partial charge in [0, 0.05) is 22.6 Å². The van der Waals surface area contributed by atoms with Gasteiger partial charge in [-0.05, 0) is 49.3 Å². The van der Waals surface area contributed by atoms with Gasteiger partial charge in [0.25, 0.3) is 0 Å². The first kappa shape index (κ1) is 32.0. The van der Waals surface area contributed by atoms with Crippen LogP contribution < -0.4 is 0 Å². The van der Waals surface area contributed by atoms with Crippen molar-refractivity contribution in [1.29, 1.82) is 0 Å². The summed E-state index contributed by atoms with van der Waals surface area (Å²) in [5.74, 6) is -3.51. The summed E-state index contributed by atoms with van der Waals surface area (Å²) in [6, 6.07) is 12.6. The molecule has 0 unspecified atom stereocenters. The largest absolute Gasteiger partial charge is 0.348 e. The molecule has 1 heterocycles. The Bertz CT molecular complexity index is 1310. The molecule has 0 bridgehead atoms. The molecule has 0 aromatic heterocycles. The van der Waals surface area contributed by atoms with E-state index in [1.54, 1.807) is 36.4 Å². The van der Waals surface area contributed by atoms with Crippen molar-refractivity contribution in [3.8, 4) is 22.3 Å². The van der Waals surface area contributed by atoms with Gasteiger partial charge in [-0.25, -0.2) is 17.6 Å². The summed E-state index contributed by atoms with van der Waals surface area (Å²) < 4.78 is 71.6. The van der Waals surface area contributed by atoms with Crippen LogP contribution in [0.25, 0.3) is 22.3 Å². The molecule has 1 aliphatic heterocycles. The number of unbranched alkanes of at least 4 members (excludes halogenated alkanes) is 6. The second-order valence-corrected chi connectivity index (χ2v) is 11.2. The molecular formula is C36H42F4O2. The van der Waals surface area contributed by atoms with E-state index in [0.717, 1.165) is 32.1 Å². The van der Waals surface area contributed by atoms with E-state index in [-0.39, 0.29) is 22.6 Å². The summed E-state index contributed by atoms with van der Waals surface area (Å²) >= 11 is 0. The molecule has 0 N–H and O–H groups in total. The minimum atomic E-state index is -1.02. The normalized spacial score (nSPS) is 17.3. The van der Waals surface area contributed by atoms with Crippen LogP contribution >= 0.6 is 0 Å². The molecule has 42 heavy (non-hydrogen) atoms.